The summed E-state index contributed by atoms with van der Waals surface area (Å²) in [7, 11) is 0. The molecule has 2 heterocycles. The summed E-state index contributed by atoms with van der Waals surface area (Å²) in [5.74, 6) is -0.843. The van der Waals surface area contributed by atoms with Crippen LogP contribution in [0.15, 0.2) is 60.9 Å². The number of hydrogen-bond acceptors (Lipinski definition) is 4. The van der Waals surface area contributed by atoms with E-state index in [-0.39, 0.29) is 12.6 Å². The third-order valence-corrected chi connectivity index (χ3v) is 7.36. The van der Waals surface area contributed by atoms with Crippen LogP contribution in [0.25, 0.3) is 0 Å². The molecular weight excluding hydrogens is 546 g/mol. The van der Waals surface area contributed by atoms with Crippen LogP contribution in [-0.4, -0.2) is 59.5 Å². The van der Waals surface area contributed by atoms with E-state index in [1.807, 2.05) is 44.2 Å². The van der Waals surface area contributed by atoms with Crippen molar-refractivity contribution in [3.8, 4) is 0 Å². The van der Waals surface area contributed by atoms with E-state index in [9.17, 15) is 31.1 Å². The predicted octanol–water partition coefficient (Wildman–Crippen LogP) is 5.89. The lowest BCUT2D eigenvalue weighted by molar-refractivity contribution is -0.143. The summed E-state index contributed by atoms with van der Waals surface area (Å²) in [6.07, 6.45) is -6.18. The van der Waals surface area contributed by atoms with E-state index in [0.717, 1.165) is 22.3 Å². The Morgan fingerprint density at radius 2 is 1.63 bits per heavy atom. The average molecular weight is 579 g/mol. The lowest BCUT2D eigenvalue weighted by Gasteiger charge is -2.42. The van der Waals surface area contributed by atoms with Gasteiger partial charge in [0.05, 0.1) is 11.1 Å². The summed E-state index contributed by atoms with van der Waals surface area (Å²) >= 11 is 0. The Balaban J connectivity index is 1.55. The molecule has 41 heavy (non-hydrogen) atoms. The minimum Gasteiger partial charge on any atom is -0.333 e. The Hall–Kier alpha value is -3.44. The second-order valence-electron chi connectivity index (χ2n) is 10.4. The first-order valence-corrected chi connectivity index (χ1v) is 13.3. The maximum atomic E-state index is 13.6. The number of hydrogen-bond donors (Lipinski definition) is 1. The average Bonchev–Trinajstić information content (AvgIpc) is 2.92. The van der Waals surface area contributed by atoms with Gasteiger partial charge in [0, 0.05) is 63.3 Å². The third kappa shape index (κ3) is 8.07. The van der Waals surface area contributed by atoms with E-state index in [1.54, 1.807) is 12.4 Å². The molecule has 1 aliphatic heterocycles. The molecule has 0 aliphatic carbocycles. The Bertz CT molecular complexity index is 1310. The molecule has 0 saturated carbocycles. The van der Waals surface area contributed by atoms with E-state index < -0.39 is 41.0 Å². The molecule has 0 bridgehead atoms. The maximum absolute atomic E-state index is 13.6. The molecule has 11 heteroatoms. The van der Waals surface area contributed by atoms with E-state index in [0.29, 0.717) is 51.3 Å². The van der Waals surface area contributed by atoms with Crippen LogP contribution in [0.4, 0.5) is 26.3 Å². The molecule has 1 atom stereocenters. The van der Waals surface area contributed by atoms with Gasteiger partial charge in [0.15, 0.2) is 0 Å². The normalized spacial score (nSPS) is 16.7. The molecule has 0 unspecified atom stereocenters. The van der Waals surface area contributed by atoms with Crippen molar-refractivity contribution in [3.63, 3.8) is 0 Å². The summed E-state index contributed by atoms with van der Waals surface area (Å²) in [6, 6.07) is 10.3. The Morgan fingerprint density at radius 3 is 2.24 bits per heavy atom. The summed E-state index contributed by atoms with van der Waals surface area (Å²) in [5.41, 5.74) is 0.501. The largest absolute Gasteiger partial charge is 0.416 e. The molecule has 1 N–H and O–H groups in total. The van der Waals surface area contributed by atoms with Crippen molar-refractivity contribution in [2.45, 2.75) is 45.2 Å². The minimum absolute atomic E-state index is 0.0415. The molecule has 220 valence electrons. The predicted molar refractivity (Wildman–Crippen MR) is 143 cm³/mol. The molecule has 0 spiro atoms. The molecule has 4 rings (SSSR count). The van der Waals surface area contributed by atoms with Gasteiger partial charge in [-0.2, -0.15) is 26.3 Å². The fourth-order valence-corrected chi connectivity index (χ4v) is 4.98. The van der Waals surface area contributed by atoms with E-state index in [1.165, 1.54) is 4.90 Å². The number of nitrogens with one attached hydrogen (secondary N) is 1. The lowest BCUT2D eigenvalue weighted by Crippen LogP contribution is -2.56. The van der Waals surface area contributed by atoms with Crippen molar-refractivity contribution < 1.29 is 31.1 Å². The SMILES string of the molecule is Cc1ccc(C[C@@H]2CN(CCNCc3cccnc3)CCN2C(=O)c2cc(C(F)(F)F)cc(C(F)(F)F)c2)cc1C. The molecule has 3 aromatic rings. The van der Waals surface area contributed by atoms with Crippen molar-refractivity contribution in [1.29, 1.82) is 0 Å². The van der Waals surface area contributed by atoms with Crippen LogP contribution >= 0.6 is 0 Å². The van der Waals surface area contributed by atoms with E-state index in [4.69, 9.17) is 0 Å². The number of carbonyl (C=O) groups is 1. The van der Waals surface area contributed by atoms with Crippen molar-refractivity contribution in [2.24, 2.45) is 0 Å². The van der Waals surface area contributed by atoms with Gasteiger partial charge in [-0.05, 0) is 66.8 Å². The number of aromatic nitrogens is 1. The van der Waals surface area contributed by atoms with E-state index in [2.05, 4.69) is 15.2 Å². The van der Waals surface area contributed by atoms with Crippen LogP contribution in [0.2, 0.25) is 0 Å². The second-order valence-corrected chi connectivity index (χ2v) is 10.4. The van der Waals surface area contributed by atoms with Crippen molar-refractivity contribution >= 4 is 5.91 Å². The number of rotatable bonds is 8. The van der Waals surface area contributed by atoms with Crippen LogP contribution < -0.4 is 5.32 Å². The van der Waals surface area contributed by atoms with Crippen LogP contribution in [0.5, 0.6) is 0 Å². The number of aryl methyl sites for hydroxylation is 2. The zero-order valence-electron chi connectivity index (χ0n) is 22.8. The smallest absolute Gasteiger partial charge is 0.333 e. The number of alkyl halides is 6. The second kappa shape index (κ2) is 12.6. The monoisotopic (exact) mass is 578 g/mol. The van der Waals surface area contributed by atoms with Gasteiger partial charge in [0.25, 0.3) is 5.91 Å². The Kier molecular flexibility index (Phi) is 9.38. The number of benzene rings is 2. The molecule has 1 amide bonds. The fourth-order valence-electron chi connectivity index (χ4n) is 4.98. The van der Waals surface area contributed by atoms with Gasteiger partial charge >= 0.3 is 12.4 Å². The van der Waals surface area contributed by atoms with Gasteiger partial charge < -0.3 is 10.2 Å². The van der Waals surface area contributed by atoms with Crippen molar-refractivity contribution in [3.05, 3.63) is 99.9 Å². The zero-order valence-corrected chi connectivity index (χ0v) is 22.8. The van der Waals surface area contributed by atoms with Crippen LogP contribution in [0.3, 0.4) is 0 Å². The topological polar surface area (TPSA) is 48.5 Å². The highest BCUT2D eigenvalue weighted by atomic mass is 19.4. The molecule has 0 radical (unpaired) electrons. The highest BCUT2D eigenvalue weighted by molar-refractivity contribution is 5.95. The van der Waals surface area contributed by atoms with E-state index >= 15 is 0 Å². The van der Waals surface area contributed by atoms with Crippen LogP contribution in [0.1, 0.15) is 43.7 Å². The van der Waals surface area contributed by atoms with Crippen molar-refractivity contribution in [2.75, 3.05) is 32.7 Å². The summed E-state index contributed by atoms with van der Waals surface area (Å²) in [5, 5.41) is 3.35. The van der Waals surface area contributed by atoms with Gasteiger partial charge in [-0.25, -0.2) is 0 Å². The molecule has 2 aromatic carbocycles. The fraction of sp³-hybridized carbons (Fsp3) is 0.400. The number of carbonyl (C=O) groups excluding carboxylic acids is 1. The standard InChI is InChI=1S/C30H32F6N4O/c1-20-5-6-22(12-21(20)2)13-27-19-39(9-8-38-18-23-4-3-7-37-17-23)10-11-40(27)28(41)24-14-25(29(31,32)33)16-26(15-24)30(34,35)36/h3-7,12,14-17,27,38H,8-11,13,18-19H2,1-2H3/t27-/m1/s1. The highest BCUT2D eigenvalue weighted by Crippen LogP contribution is 2.37. The Labute approximate surface area is 235 Å². The van der Waals surface area contributed by atoms with Gasteiger partial charge in [-0.1, -0.05) is 24.3 Å². The van der Waals surface area contributed by atoms with Crippen molar-refractivity contribution in [1.82, 2.24) is 20.1 Å². The molecule has 1 saturated heterocycles. The summed E-state index contributed by atoms with van der Waals surface area (Å²) in [6.45, 7) is 6.93. The lowest BCUT2D eigenvalue weighted by atomic mass is 9.97. The third-order valence-electron chi connectivity index (χ3n) is 7.36. The number of piperazine rings is 1. The van der Waals surface area contributed by atoms with Crippen LogP contribution in [-0.2, 0) is 25.3 Å². The van der Waals surface area contributed by atoms with Crippen LogP contribution in [0, 0.1) is 13.8 Å². The highest BCUT2D eigenvalue weighted by Gasteiger charge is 2.39. The zero-order chi connectivity index (χ0) is 29.8. The molecule has 1 fully saturated rings. The Morgan fingerprint density at radius 1 is 0.927 bits per heavy atom. The molecule has 5 nitrogen and oxygen atoms in total. The quantitative estimate of drug-likeness (QED) is 0.267. The maximum Gasteiger partial charge on any atom is 0.416 e. The van der Waals surface area contributed by atoms with Gasteiger partial charge in [-0.15, -0.1) is 0 Å². The number of nitrogens with zero attached hydrogens (tertiary/aromatic N) is 3. The minimum atomic E-state index is -5.03. The van der Waals surface area contributed by atoms with Gasteiger partial charge in [0.2, 0.25) is 0 Å². The first-order chi connectivity index (χ1) is 19.3. The van der Waals surface area contributed by atoms with Gasteiger partial charge in [0.1, 0.15) is 0 Å². The van der Waals surface area contributed by atoms with Gasteiger partial charge in [-0.3, -0.25) is 14.7 Å². The molecule has 1 aromatic heterocycles. The molecule has 1 aliphatic rings. The summed E-state index contributed by atoms with van der Waals surface area (Å²) < 4.78 is 80.9. The first kappa shape index (κ1) is 30.5. The number of halogens is 6. The summed E-state index contributed by atoms with van der Waals surface area (Å²) in [4.78, 5) is 21.2. The number of pyridine rings is 1. The number of amides is 1. The first-order valence-electron chi connectivity index (χ1n) is 13.3. The molecular formula is C30H32F6N4O.